The van der Waals surface area contributed by atoms with Crippen LogP contribution in [0.15, 0.2) is 0 Å². The van der Waals surface area contributed by atoms with E-state index >= 15 is 0 Å². The maximum atomic E-state index is 12.4. The van der Waals surface area contributed by atoms with E-state index in [-0.39, 0.29) is 12.5 Å². The van der Waals surface area contributed by atoms with Gasteiger partial charge >= 0.3 is 0 Å². The molecule has 0 unspecified atom stereocenters. The molecule has 0 atom stereocenters. The Hall–Kier alpha value is -0.640. The van der Waals surface area contributed by atoms with Crippen molar-refractivity contribution in [1.29, 1.82) is 5.26 Å². The van der Waals surface area contributed by atoms with Gasteiger partial charge in [-0.25, -0.2) is 0 Å². The zero-order chi connectivity index (χ0) is 12.3. The Morgan fingerprint density at radius 3 is 2.41 bits per heavy atom. The van der Waals surface area contributed by atoms with E-state index in [1.807, 2.05) is 6.07 Å². The van der Waals surface area contributed by atoms with Crippen molar-refractivity contribution < 1.29 is 8.42 Å². The molecule has 17 heavy (non-hydrogen) atoms. The first kappa shape index (κ1) is 12.8. The van der Waals surface area contributed by atoms with Crippen molar-refractivity contribution >= 4 is 10.2 Å². The van der Waals surface area contributed by atoms with E-state index < -0.39 is 10.2 Å². The van der Waals surface area contributed by atoms with Crippen molar-refractivity contribution in [3.05, 3.63) is 0 Å². The lowest BCUT2D eigenvalue weighted by Gasteiger charge is -2.31. The molecule has 1 saturated carbocycles. The van der Waals surface area contributed by atoms with Crippen LogP contribution in [0, 0.1) is 11.3 Å². The number of nitriles is 1. The van der Waals surface area contributed by atoms with E-state index in [1.54, 1.807) is 8.61 Å². The van der Waals surface area contributed by atoms with Crippen molar-refractivity contribution in [2.45, 2.75) is 44.6 Å². The van der Waals surface area contributed by atoms with Crippen molar-refractivity contribution in [2.75, 3.05) is 19.6 Å². The molecule has 0 aromatic heterocycles. The lowest BCUT2D eigenvalue weighted by atomic mass is 10.2. The normalized spacial score (nSPS) is 22.6. The second-order valence-electron chi connectivity index (χ2n) is 4.72. The SMILES string of the molecule is N#CCCN(C1CC1)S(=O)(=O)N1CCCCC1. The van der Waals surface area contributed by atoms with Crippen LogP contribution in [-0.2, 0) is 10.2 Å². The highest BCUT2D eigenvalue weighted by molar-refractivity contribution is 7.86. The van der Waals surface area contributed by atoms with Crippen LogP contribution in [0.25, 0.3) is 0 Å². The summed E-state index contributed by atoms with van der Waals surface area (Å²) in [7, 11) is -3.32. The van der Waals surface area contributed by atoms with Gasteiger partial charge in [-0.1, -0.05) is 6.42 Å². The molecular formula is C11H19N3O2S. The highest BCUT2D eigenvalue weighted by Gasteiger charge is 2.40. The predicted octanol–water partition coefficient (Wildman–Crippen LogP) is 1.10. The zero-order valence-corrected chi connectivity index (χ0v) is 10.8. The van der Waals surface area contributed by atoms with Crippen LogP contribution in [0.3, 0.4) is 0 Å². The Kier molecular flexibility index (Phi) is 4.02. The lowest BCUT2D eigenvalue weighted by Crippen LogP contribution is -2.47. The molecular weight excluding hydrogens is 238 g/mol. The third kappa shape index (κ3) is 2.97. The number of nitrogens with zero attached hydrogens (tertiary/aromatic N) is 3. The average Bonchev–Trinajstić information content (AvgIpc) is 3.15. The van der Waals surface area contributed by atoms with E-state index in [9.17, 15) is 8.42 Å². The Balaban J connectivity index is 2.07. The largest absolute Gasteiger partial charge is 0.282 e. The quantitative estimate of drug-likeness (QED) is 0.740. The monoisotopic (exact) mass is 257 g/mol. The first-order valence-electron chi connectivity index (χ1n) is 6.30. The highest BCUT2D eigenvalue weighted by atomic mass is 32.2. The number of rotatable bonds is 5. The third-order valence-electron chi connectivity index (χ3n) is 3.34. The van der Waals surface area contributed by atoms with Crippen LogP contribution in [0.4, 0.5) is 0 Å². The van der Waals surface area contributed by atoms with Crippen molar-refractivity contribution in [2.24, 2.45) is 0 Å². The molecule has 0 amide bonds. The van der Waals surface area contributed by atoms with Crippen molar-refractivity contribution in [1.82, 2.24) is 8.61 Å². The Morgan fingerprint density at radius 2 is 1.88 bits per heavy atom. The van der Waals surface area contributed by atoms with E-state index in [0.717, 1.165) is 32.1 Å². The molecule has 0 N–H and O–H groups in total. The summed E-state index contributed by atoms with van der Waals surface area (Å²) in [6.45, 7) is 1.62. The van der Waals surface area contributed by atoms with Crippen LogP contribution in [0.1, 0.15) is 38.5 Å². The van der Waals surface area contributed by atoms with Gasteiger partial charge in [0.2, 0.25) is 0 Å². The minimum atomic E-state index is -3.32. The summed E-state index contributed by atoms with van der Waals surface area (Å²) < 4.78 is 28.0. The summed E-state index contributed by atoms with van der Waals surface area (Å²) in [5.74, 6) is 0. The minimum absolute atomic E-state index is 0.148. The zero-order valence-electron chi connectivity index (χ0n) is 10.0. The molecule has 1 aliphatic heterocycles. The fraction of sp³-hybridized carbons (Fsp3) is 0.909. The lowest BCUT2D eigenvalue weighted by molar-refractivity contribution is 0.300. The topological polar surface area (TPSA) is 64.4 Å². The fourth-order valence-electron chi connectivity index (χ4n) is 2.25. The summed E-state index contributed by atoms with van der Waals surface area (Å²) in [5.41, 5.74) is 0. The molecule has 0 bridgehead atoms. The van der Waals surface area contributed by atoms with Gasteiger partial charge in [-0.05, 0) is 25.7 Å². The second-order valence-corrected chi connectivity index (χ2v) is 6.60. The molecule has 1 saturated heterocycles. The summed E-state index contributed by atoms with van der Waals surface area (Å²) in [6, 6.07) is 2.18. The molecule has 0 radical (unpaired) electrons. The minimum Gasteiger partial charge on any atom is -0.198 e. The molecule has 0 aromatic rings. The molecule has 96 valence electrons. The number of piperidine rings is 1. The van der Waals surface area contributed by atoms with Gasteiger partial charge in [0.15, 0.2) is 0 Å². The van der Waals surface area contributed by atoms with Crippen molar-refractivity contribution in [3.8, 4) is 6.07 Å². The van der Waals surface area contributed by atoms with Gasteiger partial charge in [0.25, 0.3) is 10.2 Å². The Bertz CT molecular complexity index is 391. The molecule has 1 aliphatic carbocycles. The molecule has 2 fully saturated rings. The van der Waals surface area contributed by atoms with Crippen LogP contribution in [0.5, 0.6) is 0 Å². The van der Waals surface area contributed by atoms with Gasteiger partial charge in [-0.2, -0.15) is 22.3 Å². The maximum absolute atomic E-state index is 12.4. The molecule has 5 nitrogen and oxygen atoms in total. The molecule has 2 aliphatic rings. The summed E-state index contributed by atoms with van der Waals surface area (Å²) in [5, 5.41) is 8.61. The van der Waals surface area contributed by atoms with E-state index in [1.165, 1.54) is 0 Å². The van der Waals surface area contributed by atoms with Crippen LogP contribution in [-0.4, -0.2) is 42.7 Å². The molecule has 1 heterocycles. The molecule has 0 spiro atoms. The van der Waals surface area contributed by atoms with Gasteiger partial charge in [0, 0.05) is 32.1 Å². The standard InChI is InChI=1S/C11H19N3O2S/c12-7-4-10-14(11-5-6-11)17(15,16)13-8-2-1-3-9-13/h11H,1-6,8-10H2. The third-order valence-corrected chi connectivity index (χ3v) is 5.43. The first-order valence-corrected chi connectivity index (χ1v) is 7.70. The highest BCUT2D eigenvalue weighted by Crippen LogP contribution is 2.31. The summed E-state index contributed by atoms with van der Waals surface area (Å²) in [4.78, 5) is 0. The van der Waals surface area contributed by atoms with Gasteiger partial charge in [0.1, 0.15) is 0 Å². The summed E-state index contributed by atoms with van der Waals surface area (Å²) in [6.07, 6.45) is 5.19. The van der Waals surface area contributed by atoms with Crippen molar-refractivity contribution in [3.63, 3.8) is 0 Å². The van der Waals surface area contributed by atoms with E-state index in [0.29, 0.717) is 19.6 Å². The fourth-order valence-corrected chi connectivity index (χ4v) is 4.18. The predicted molar refractivity (Wildman–Crippen MR) is 64.3 cm³/mol. The molecule has 0 aromatic carbocycles. The van der Waals surface area contributed by atoms with E-state index in [4.69, 9.17) is 5.26 Å². The number of hydrogen-bond acceptors (Lipinski definition) is 3. The van der Waals surface area contributed by atoms with Crippen LogP contribution >= 0.6 is 0 Å². The smallest absolute Gasteiger partial charge is 0.198 e. The van der Waals surface area contributed by atoms with Gasteiger partial charge < -0.3 is 0 Å². The average molecular weight is 257 g/mol. The maximum Gasteiger partial charge on any atom is 0.282 e. The summed E-state index contributed by atoms with van der Waals surface area (Å²) >= 11 is 0. The molecule has 2 rings (SSSR count). The van der Waals surface area contributed by atoms with Crippen LogP contribution in [0.2, 0.25) is 0 Å². The van der Waals surface area contributed by atoms with E-state index in [2.05, 4.69) is 0 Å². The van der Waals surface area contributed by atoms with Gasteiger partial charge in [-0.3, -0.25) is 0 Å². The Morgan fingerprint density at radius 1 is 1.24 bits per heavy atom. The second kappa shape index (κ2) is 5.34. The first-order chi connectivity index (χ1) is 8.16. The molecule has 6 heteroatoms. The van der Waals surface area contributed by atoms with Gasteiger partial charge in [-0.15, -0.1) is 0 Å². The van der Waals surface area contributed by atoms with Crippen LogP contribution < -0.4 is 0 Å². The van der Waals surface area contributed by atoms with Gasteiger partial charge in [0.05, 0.1) is 6.07 Å². The Labute approximate surface area is 103 Å². The number of hydrogen-bond donors (Lipinski definition) is 0.